The van der Waals surface area contributed by atoms with Crippen molar-refractivity contribution < 1.29 is 23.5 Å². The Morgan fingerprint density at radius 3 is 2.74 bits per heavy atom. The van der Waals surface area contributed by atoms with Crippen molar-refractivity contribution in [2.45, 2.75) is 6.42 Å². The second kappa shape index (κ2) is 7.84. The number of hydrogen-bond acceptors (Lipinski definition) is 4. The molecule has 0 saturated carbocycles. The Hall–Kier alpha value is -2.80. The third-order valence-electron chi connectivity index (χ3n) is 4.38. The maximum absolute atomic E-state index is 14.0. The van der Waals surface area contributed by atoms with Crippen LogP contribution in [0, 0.1) is 11.7 Å². The number of benzene rings is 2. The van der Waals surface area contributed by atoms with E-state index in [1.807, 2.05) is 0 Å². The van der Waals surface area contributed by atoms with Gasteiger partial charge in [0.25, 0.3) is 0 Å². The van der Waals surface area contributed by atoms with Crippen molar-refractivity contribution >= 4 is 34.8 Å². The molecule has 1 heterocycles. The van der Waals surface area contributed by atoms with Gasteiger partial charge in [0.05, 0.1) is 36.5 Å². The summed E-state index contributed by atoms with van der Waals surface area (Å²) >= 11 is 5.73. The van der Waals surface area contributed by atoms with Crippen molar-refractivity contribution in [3.8, 4) is 11.5 Å². The van der Waals surface area contributed by atoms with Gasteiger partial charge in [-0.2, -0.15) is 0 Å². The lowest BCUT2D eigenvalue weighted by Crippen LogP contribution is -2.28. The lowest BCUT2D eigenvalue weighted by molar-refractivity contribution is -0.122. The van der Waals surface area contributed by atoms with E-state index in [2.05, 4.69) is 5.32 Å². The fourth-order valence-electron chi connectivity index (χ4n) is 2.96. The highest BCUT2D eigenvalue weighted by Gasteiger charge is 2.36. The molecule has 6 nitrogen and oxygen atoms in total. The van der Waals surface area contributed by atoms with Gasteiger partial charge < -0.3 is 19.7 Å². The van der Waals surface area contributed by atoms with Crippen LogP contribution in [0.2, 0.25) is 5.02 Å². The second-order valence-electron chi connectivity index (χ2n) is 6.03. The summed E-state index contributed by atoms with van der Waals surface area (Å²) in [5.74, 6) is -0.935. The molecule has 1 fully saturated rings. The minimum absolute atomic E-state index is 0.0135. The number of nitrogens with zero attached hydrogens (tertiary/aromatic N) is 1. The molecule has 1 atom stereocenters. The number of nitrogens with one attached hydrogen (secondary N) is 1. The van der Waals surface area contributed by atoms with Crippen LogP contribution in [-0.4, -0.2) is 32.6 Å². The van der Waals surface area contributed by atoms with Crippen molar-refractivity contribution in [1.82, 2.24) is 0 Å². The van der Waals surface area contributed by atoms with Gasteiger partial charge in [-0.25, -0.2) is 4.39 Å². The minimum atomic E-state index is -0.703. The molecule has 0 bridgehead atoms. The number of hydrogen-bond donors (Lipinski definition) is 1. The van der Waals surface area contributed by atoms with Crippen molar-refractivity contribution in [2.75, 3.05) is 31.0 Å². The molecule has 0 radical (unpaired) electrons. The van der Waals surface area contributed by atoms with Crippen molar-refractivity contribution in [3.05, 3.63) is 47.2 Å². The molecule has 142 valence electrons. The summed E-state index contributed by atoms with van der Waals surface area (Å²) in [7, 11) is 3.02. The first kappa shape index (κ1) is 19.0. The smallest absolute Gasteiger partial charge is 0.229 e. The van der Waals surface area contributed by atoms with Crippen molar-refractivity contribution in [2.24, 2.45) is 5.92 Å². The number of carbonyl (C=O) groups is 2. The molecule has 8 heteroatoms. The van der Waals surface area contributed by atoms with Gasteiger partial charge in [-0.05, 0) is 24.3 Å². The van der Waals surface area contributed by atoms with E-state index in [0.29, 0.717) is 17.2 Å². The topological polar surface area (TPSA) is 67.9 Å². The van der Waals surface area contributed by atoms with E-state index < -0.39 is 17.6 Å². The van der Waals surface area contributed by atoms with Gasteiger partial charge in [-0.15, -0.1) is 0 Å². The molecule has 1 aliphatic heterocycles. The molecule has 2 aromatic carbocycles. The molecule has 3 rings (SSSR count). The Labute approximate surface area is 160 Å². The molecule has 0 aliphatic carbocycles. The Morgan fingerprint density at radius 2 is 2.04 bits per heavy atom. The molecule has 27 heavy (non-hydrogen) atoms. The third kappa shape index (κ3) is 3.83. The van der Waals surface area contributed by atoms with Crippen LogP contribution >= 0.6 is 11.6 Å². The van der Waals surface area contributed by atoms with Gasteiger partial charge >= 0.3 is 0 Å². The molecule has 1 N–H and O–H groups in total. The first-order valence-electron chi connectivity index (χ1n) is 8.22. The maximum atomic E-state index is 14.0. The number of halogens is 2. The molecular formula is C19H18ClFN2O4. The summed E-state index contributed by atoms with van der Waals surface area (Å²) in [5.41, 5.74) is 0.535. The second-order valence-corrected chi connectivity index (χ2v) is 6.44. The lowest BCUT2D eigenvalue weighted by Gasteiger charge is -2.20. The van der Waals surface area contributed by atoms with E-state index in [0.717, 1.165) is 0 Å². The van der Waals surface area contributed by atoms with E-state index in [9.17, 15) is 14.0 Å². The van der Waals surface area contributed by atoms with Crippen LogP contribution in [0.15, 0.2) is 36.4 Å². The fourth-order valence-corrected chi connectivity index (χ4v) is 3.13. The Balaban J connectivity index is 1.77. The maximum Gasteiger partial charge on any atom is 0.229 e. The highest BCUT2D eigenvalue weighted by atomic mass is 35.5. The van der Waals surface area contributed by atoms with Gasteiger partial charge in [0.1, 0.15) is 11.5 Å². The average Bonchev–Trinajstić information content (AvgIpc) is 3.06. The zero-order valence-electron chi connectivity index (χ0n) is 14.8. The largest absolute Gasteiger partial charge is 0.497 e. The first-order chi connectivity index (χ1) is 12.9. The summed E-state index contributed by atoms with van der Waals surface area (Å²) < 4.78 is 24.5. The SMILES string of the molecule is COc1ccc(N2CC(C(=O)Nc3cccc(Cl)c3F)CC2=O)c(OC)c1. The predicted molar refractivity (Wildman–Crippen MR) is 100 cm³/mol. The minimum Gasteiger partial charge on any atom is -0.497 e. The van der Waals surface area contributed by atoms with Gasteiger partial charge in [0.2, 0.25) is 11.8 Å². The lowest BCUT2D eigenvalue weighted by atomic mass is 10.1. The van der Waals surface area contributed by atoms with Crippen LogP contribution in [0.1, 0.15) is 6.42 Å². The monoisotopic (exact) mass is 392 g/mol. The highest BCUT2D eigenvalue weighted by molar-refractivity contribution is 6.31. The molecular weight excluding hydrogens is 375 g/mol. The van der Waals surface area contributed by atoms with E-state index >= 15 is 0 Å². The van der Waals surface area contributed by atoms with Crippen LogP contribution < -0.4 is 19.7 Å². The first-order valence-corrected chi connectivity index (χ1v) is 8.59. The standard InChI is InChI=1S/C19H18ClFN2O4/c1-26-12-6-7-15(16(9-12)27-2)23-10-11(8-17(23)24)19(25)22-14-5-3-4-13(20)18(14)21/h3-7,9,11H,8,10H2,1-2H3,(H,22,25). The zero-order chi connectivity index (χ0) is 19.6. The molecule has 1 saturated heterocycles. The normalized spacial score (nSPS) is 16.4. The molecule has 2 amide bonds. The van der Waals surface area contributed by atoms with E-state index in [1.165, 1.54) is 37.3 Å². The average molecular weight is 393 g/mol. The van der Waals surface area contributed by atoms with E-state index in [4.69, 9.17) is 21.1 Å². The zero-order valence-corrected chi connectivity index (χ0v) is 15.5. The quantitative estimate of drug-likeness (QED) is 0.845. The van der Waals surface area contributed by atoms with Gasteiger partial charge in [-0.3, -0.25) is 9.59 Å². The third-order valence-corrected chi connectivity index (χ3v) is 4.67. The molecule has 0 spiro atoms. The summed E-state index contributed by atoms with van der Waals surface area (Å²) in [5, 5.41) is 2.42. The van der Waals surface area contributed by atoms with Gasteiger partial charge in [-0.1, -0.05) is 17.7 Å². The Kier molecular flexibility index (Phi) is 5.51. The number of anilines is 2. The van der Waals surface area contributed by atoms with Crippen molar-refractivity contribution in [3.63, 3.8) is 0 Å². The molecule has 1 aliphatic rings. The number of methoxy groups -OCH3 is 2. The van der Waals surface area contributed by atoms with Crippen LogP contribution in [0.4, 0.5) is 15.8 Å². The molecule has 2 aromatic rings. The van der Waals surface area contributed by atoms with Crippen LogP contribution in [-0.2, 0) is 9.59 Å². The fraction of sp³-hybridized carbons (Fsp3) is 0.263. The number of carbonyl (C=O) groups excluding carboxylic acids is 2. The number of rotatable bonds is 5. The molecule has 0 aromatic heterocycles. The number of amides is 2. The van der Waals surface area contributed by atoms with E-state index in [-0.39, 0.29) is 29.6 Å². The van der Waals surface area contributed by atoms with Crippen molar-refractivity contribution in [1.29, 1.82) is 0 Å². The van der Waals surface area contributed by atoms with Gasteiger partial charge in [0, 0.05) is 19.0 Å². The predicted octanol–water partition coefficient (Wildman–Crippen LogP) is 3.49. The Morgan fingerprint density at radius 1 is 1.26 bits per heavy atom. The van der Waals surface area contributed by atoms with Crippen LogP contribution in [0.3, 0.4) is 0 Å². The highest BCUT2D eigenvalue weighted by Crippen LogP contribution is 2.36. The Bertz CT molecular complexity index is 890. The van der Waals surface area contributed by atoms with Crippen LogP contribution in [0.25, 0.3) is 0 Å². The van der Waals surface area contributed by atoms with E-state index in [1.54, 1.807) is 18.2 Å². The summed E-state index contributed by atoms with van der Waals surface area (Å²) in [6, 6.07) is 9.42. The molecule has 1 unspecified atom stereocenters. The number of ether oxygens (including phenoxy) is 2. The van der Waals surface area contributed by atoms with Gasteiger partial charge in [0.15, 0.2) is 5.82 Å². The summed E-state index contributed by atoms with van der Waals surface area (Å²) in [6.07, 6.45) is 0.0171. The van der Waals surface area contributed by atoms with Crippen LogP contribution in [0.5, 0.6) is 11.5 Å². The summed E-state index contributed by atoms with van der Waals surface area (Å²) in [6.45, 7) is 0.162. The summed E-state index contributed by atoms with van der Waals surface area (Å²) in [4.78, 5) is 26.4.